The highest BCUT2D eigenvalue weighted by Crippen LogP contribution is 2.15. The molecule has 0 saturated heterocycles. The van der Waals surface area contributed by atoms with Gasteiger partial charge in [-0.05, 0) is 48.5 Å². The largest absolute Gasteiger partial charge is 0.322 e. The molecule has 0 bridgehead atoms. The number of rotatable bonds is 3. The van der Waals surface area contributed by atoms with Crippen molar-refractivity contribution in [3.8, 4) is 5.69 Å². The van der Waals surface area contributed by atoms with Crippen LogP contribution >= 0.6 is 11.6 Å². The fourth-order valence-electron chi connectivity index (χ4n) is 1.84. The highest BCUT2D eigenvalue weighted by Gasteiger charge is 2.06. The molecule has 6 heteroatoms. The van der Waals surface area contributed by atoms with Crippen molar-refractivity contribution in [2.45, 2.75) is 0 Å². The van der Waals surface area contributed by atoms with Gasteiger partial charge in [0.2, 0.25) is 0 Å². The van der Waals surface area contributed by atoms with Crippen LogP contribution in [0, 0.1) is 0 Å². The van der Waals surface area contributed by atoms with Crippen LogP contribution in [-0.4, -0.2) is 20.7 Å². The average molecular weight is 299 g/mol. The fraction of sp³-hybridized carbons (Fsp3) is 0. The number of anilines is 1. The Labute approximate surface area is 126 Å². The summed E-state index contributed by atoms with van der Waals surface area (Å²) in [7, 11) is 0. The average Bonchev–Trinajstić information content (AvgIpc) is 3.03. The molecule has 0 unspecified atom stereocenters. The third-order valence-corrected chi connectivity index (χ3v) is 3.17. The van der Waals surface area contributed by atoms with Crippen LogP contribution in [0.1, 0.15) is 10.4 Å². The number of benzene rings is 2. The number of halogens is 1. The third kappa shape index (κ3) is 3.09. The molecule has 1 N–H and O–H groups in total. The van der Waals surface area contributed by atoms with Gasteiger partial charge in [-0.1, -0.05) is 11.6 Å². The normalized spacial score (nSPS) is 10.3. The van der Waals surface area contributed by atoms with E-state index >= 15 is 0 Å². The monoisotopic (exact) mass is 298 g/mol. The molecule has 0 aliphatic carbocycles. The highest BCUT2D eigenvalue weighted by molar-refractivity contribution is 6.30. The van der Waals surface area contributed by atoms with Gasteiger partial charge in [-0.25, -0.2) is 9.67 Å². The van der Waals surface area contributed by atoms with Crippen LogP contribution in [0.15, 0.2) is 61.2 Å². The summed E-state index contributed by atoms with van der Waals surface area (Å²) in [6.07, 6.45) is 3.08. The van der Waals surface area contributed by atoms with E-state index in [1.807, 2.05) is 24.3 Å². The molecule has 3 rings (SSSR count). The lowest BCUT2D eigenvalue weighted by atomic mass is 10.2. The minimum atomic E-state index is -0.180. The van der Waals surface area contributed by atoms with Crippen molar-refractivity contribution in [3.63, 3.8) is 0 Å². The van der Waals surface area contributed by atoms with Gasteiger partial charge in [-0.15, -0.1) is 0 Å². The Hall–Kier alpha value is -2.66. The van der Waals surface area contributed by atoms with Crippen molar-refractivity contribution in [2.24, 2.45) is 0 Å². The van der Waals surface area contributed by atoms with E-state index in [0.29, 0.717) is 16.3 Å². The lowest BCUT2D eigenvalue weighted by Crippen LogP contribution is -2.11. The van der Waals surface area contributed by atoms with Crippen molar-refractivity contribution in [1.82, 2.24) is 14.8 Å². The summed E-state index contributed by atoms with van der Waals surface area (Å²) in [5.41, 5.74) is 2.13. The van der Waals surface area contributed by atoms with Gasteiger partial charge in [0.05, 0.1) is 5.69 Å². The number of carbonyl (C=O) groups excluding carboxylic acids is 1. The minimum absolute atomic E-state index is 0.180. The van der Waals surface area contributed by atoms with Crippen molar-refractivity contribution in [2.75, 3.05) is 5.32 Å². The number of hydrogen-bond acceptors (Lipinski definition) is 3. The quantitative estimate of drug-likeness (QED) is 0.808. The summed E-state index contributed by atoms with van der Waals surface area (Å²) in [5.74, 6) is -0.180. The Balaban J connectivity index is 1.73. The molecule has 0 fully saturated rings. The van der Waals surface area contributed by atoms with Gasteiger partial charge in [0.15, 0.2) is 0 Å². The zero-order valence-corrected chi connectivity index (χ0v) is 11.7. The van der Waals surface area contributed by atoms with E-state index in [4.69, 9.17) is 11.6 Å². The molecule has 0 spiro atoms. The molecular formula is C15H11ClN4O. The van der Waals surface area contributed by atoms with Crippen molar-refractivity contribution in [3.05, 3.63) is 71.8 Å². The van der Waals surface area contributed by atoms with E-state index in [-0.39, 0.29) is 5.91 Å². The first-order chi connectivity index (χ1) is 10.2. The second kappa shape index (κ2) is 5.76. The van der Waals surface area contributed by atoms with Crippen LogP contribution < -0.4 is 5.32 Å². The SMILES string of the molecule is O=C(Nc1ccc(-n2cncn2)cc1)c1ccc(Cl)cc1. The molecule has 104 valence electrons. The Morgan fingerprint density at radius 2 is 1.76 bits per heavy atom. The van der Waals surface area contributed by atoms with Crippen LogP contribution in [0.3, 0.4) is 0 Å². The van der Waals surface area contributed by atoms with E-state index in [9.17, 15) is 4.79 Å². The molecule has 1 aromatic heterocycles. The summed E-state index contributed by atoms with van der Waals surface area (Å²) in [4.78, 5) is 15.9. The molecule has 21 heavy (non-hydrogen) atoms. The second-order valence-corrected chi connectivity index (χ2v) is 4.78. The Bertz CT molecular complexity index is 736. The molecule has 1 heterocycles. The summed E-state index contributed by atoms with van der Waals surface area (Å²) in [5, 5.41) is 7.46. The summed E-state index contributed by atoms with van der Waals surface area (Å²) in [6, 6.07) is 14.1. The third-order valence-electron chi connectivity index (χ3n) is 2.91. The van der Waals surface area contributed by atoms with Gasteiger partial charge in [0.25, 0.3) is 5.91 Å². The predicted octanol–water partition coefficient (Wildman–Crippen LogP) is 3.17. The molecule has 0 aliphatic rings. The van der Waals surface area contributed by atoms with Crippen molar-refractivity contribution >= 4 is 23.2 Å². The molecule has 0 atom stereocenters. The maximum Gasteiger partial charge on any atom is 0.255 e. The van der Waals surface area contributed by atoms with Crippen molar-refractivity contribution < 1.29 is 4.79 Å². The van der Waals surface area contributed by atoms with Gasteiger partial charge in [0.1, 0.15) is 12.7 Å². The highest BCUT2D eigenvalue weighted by atomic mass is 35.5. The maximum atomic E-state index is 12.1. The Morgan fingerprint density at radius 3 is 2.38 bits per heavy atom. The summed E-state index contributed by atoms with van der Waals surface area (Å²) in [6.45, 7) is 0. The molecule has 5 nitrogen and oxygen atoms in total. The minimum Gasteiger partial charge on any atom is -0.322 e. The number of hydrogen-bond donors (Lipinski definition) is 1. The maximum absolute atomic E-state index is 12.1. The van der Waals surface area contributed by atoms with E-state index in [1.54, 1.807) is 35.3 Å². The van der Waals surface area contributed by atoms with Crippen LogP contribution in [0.4, 0.5) is 5.69 Å². The van der Waals surface area contributed by atoms with E-state index in [0.717, 1.165) is 5.69 Å². The van der Waals surface area contributed by atoms with Gasteiger partial charge < -0.3 is 5.32 Å². The van der Waals surface area contributed by atoms with Crippen LogP contribution in [0.2, 0.25) is 5.02 Å². The first-order valence-corrected chi connectivity index (χ1v) is 6.62. The van der Waals surface area contributed by atoms with Gasteiger partial charge >= 0.3 is 0 Å². The molecule has 0 radical (unpaired) electrons. The molecule has 2 aromatic carbocycles. The van der Waals surface area contributed by atoms with Gasteiger partial charge in [-0.3, -0.25) is 4.79 Å². The number of nitrogens with one attached hydrogen (secondary N) is 1. The van der Waals surface area contributed by atoms with E-state index in [2.05, 4.69) is 15.4 Å². The zero-order valence-electron chi connectivity index (χ0n) is 10.9. The van der Waals surface area contributed by atoms with Crippen LogP contribution in [0.25, 0.3) is 5.69 Å². The topological polar surface area (TPSA) is 59.8 Å². The number of amides is 1. The lowest BCUT2D eigenvalue weighted by molar-refractivity contribution is 0.102. The van der Waals surface area contributed by atoms with Gasteiger partial charge in [-0.2, -0.15) is 5.10 Å². The van der Waals surface area contributed by atoms with E-state index < -0.39 is 0 Å². The standard InChI is InChI=1S/C15H11ClN4O/c16-12-3-1-11(2-4-12)15(21)19-13-5-7-14(8-6-13)20-10-17-9-18-20/h1-10H,(H,19,21). The summed E-state index contributed by atoms with van der Waals surface area (Å²) >= 11 is 5.80. The van der Waals surface area contributed by atoms with Crippen molar-refractivity contribution in [1.29, 1.82) is 0 Å². The lowest BCUT2D eigenvalue weighted by Gasteiger charge is -2.06. The number of nitrogens with zero attached hydrogens (tertiary/aromatic N) is 3. The fourth-order valence-corrected chi connectivity index (χ4v) is 1.97. The first-order valence-electron chi connectivity index (χ1n) is 6.24. The molecular weight excluding hydrogens is 288 g/mol. The molecule has 0 saturated carbocycles. The second-order valence-electron chi connectivity index (χ2n) is 4.35. The van der Waals surface area contributed by atoms with E-state index in [1.165, 1.54) is 6.33 Å². The Kier molecular flexibility index (Phi) is 3.66. The predicted molar refractivity (Wildman–Crippen MR) is 80.8 cm³/mol. The first kappa shape index (κ1) is 13.3. The van der Waals surface area contributed by atoms with Gasteiger partial charge in [0, 0.05) is 16.3 Å². The zero-order chi connectivity index (χ0) is 14.7. The Morgan fingerprint density at radius 1 is 1.05 bits per heavy atom. The summed E-state index contributed by atoms with van der Waals surface area (Å²) < 4.78 is 1.64. The molecule has 1 amide bonds. The van der Waals surface area contributed by atoms with Crippen LogP contribution in [0.5, 0.6) is 0 Å². The molecule has 0 aliphatic heterocycles. The number of carbonyl (C=O) groups is 1. The number of aromatic nitrogens is 3. The van der Waals surface area contributed by atoms with Crippen LogP contribution in [-0.2, 0) is 0 Å². The smallest absolute Gasteiger partial charge is 0.255 e. The molecule has 3 aromatic rings.